The lowest BCUT2D eigenvalue weighted by Gasteiger charge is -2.12. The van der Waals surface area contributed by atoms with Crippen LogP contribution in [0.1, 0.15) is 28.1 Å². The molecule has 0 unspecified atom stereocenters. The smallest absolute Gasteiger partial charge is 0.131 e. The maximum absolute atomic E-state index is 14.6. The summed E-state index contributed by atoms with van der Waals surface area (Å²) in [5, 5.41) is 13.3. The van der Waals surface area contributed by atoms with Crippen molar-refractivity contribution in [2.24, 2.45) is 0 Å². The Hall–Kier alpha value is -5.14. The molecule has 0 bridgehead atoms. The van der Waals surface area contributed by atoms with Crippen LogP contribution in [0.2, 0.25) is 0 Å². The first-order chi connectivity index (χ1) is 20.0. The fourth-order valence-electron chi connectivity index (χ4n) is 5.10. The first-order valence-corrected chi connectivity index (χ1v) is 13.4. The SMILES string of the molecule is Cc1cc(CNCc2ccccc2)cc(-c2ccc(N)c(C(=N)c3cc4c(-c5ccccc5F)cncc4[nH]3)n2)c1. The Bertz CT molecular complexity index is 1880. The highest BCUT2D eigenvalue weighted by molar-refractivity contribution is 6.14. The van der Waals surface area contributed by atoms with E-state index in [2.05, 4.69) is 52.5 Å². The lowest BCUT2D eigenvalue weighted by Crippen LogP contribution is -2.13. The van der Waals surface area contributed by atoms with E-state index >= 15 is 0 Å². The highest BCUT2D eigenvalue weighted by Gasteiger charge is 2.17. The first-order valence-electron chi connectivity index (χ1n) is 13.4. The lowest BCUT2D eigenvalue weighted by molar-refractivity contribution is 0.631. The molecular weight excluding hydrogens is 511 g/mol. The molecule has 0 amide bonds. The van der Waals surface area contributed by atoms with Gasteiger partial charge in [-0.15, -0.1) is 0 Å². The van der Waals surface area contributed by atoms with Gasteiger partial charge in [-0.05, 0) is 54.4 Å². The number of H-pyrrole nitrogens is 1. The third-order valence-electron chi connectivity index (χ3n) is 7.08. The molecule has 3 aromatic carbocycles. The summed E-state index contributed by atoms with van der Waals surface area (Å²) < 4.78 is 14.6. The number of nitrogens with zero attached hydrogens (tertiary/aromatic N) is 2. The second-order valence-corrected chi connectivity index (χ2v) is 10.1. The summed E-state index contributed by atoms with van der Waals surface area (Å²) in [6.45, 7) is 3.56. The number of aromatic amines is 1. The van der Waals surface area contributed by atoms with Crippen LogP contribution in [-0.2, 0) is 13.1 Å². The van der Waals surface area contributed by atoms with E-state index in [0.717, 1.165) is 34.3 Å². The summed E-state index contributed by atoms with van der Waals surface area (Å²) in [5.41, 5.74) is 14.8. The van der Waals surface area contributed by atoms with Gasteiger partial charge in [-0.25, -0.2) is 9.37 Å². The van der Waals surface area contributed by atoms with Crippen LogP contribution in [-0.4, -0.2) is 20.7 Å². The summed E-state index contributed by atoms with van der Waals surface area (Å²) in [4.78, 5) is 12.4. The molecule has 6 nitrogen and oxygen atoms in total. The summed E-state index contributed by atoms with van der Waals surface area (Å²) in [6, 6.07) is 28.8. The van der Waals surface area contributed by atoms with Gasteiger partial charge in [0.25, 0.3) is 0 Å². The van der Waals surface area contributed by atoms with Crippen molar-refractivity contribution in [2.45, 2.75) is 20.0 Å². The summed E-state index contributed by atoms with van der Waals surface area (Å²) in [7, 11) is 0. The second kappa shape index (κ2) is 11.2. The summed E-state index contributed by atoms with van der Waals surface area (Å²) in [6.07, 6.45) is 3.31. The molecule has 3 aromatic heterocycles. The zero-order chi connectivity index (χ0) is 28.3. The molecule has 0 fully saturated rings. The molecule has 6 aromatic rings. The molecule has 41 heavy (non-hydrogen) atoms. The number of rotatable bonds is 8. The van der Waals surface area contributed by atoms with E-state index in [9.17, 15) is 4.39 Å². The van der Waals surface area contributed by atoms with Crippen molar-refractivity contribution in [1.29, 1.82) is 5.41 Å². The summed E-state index contributed by atoms with van der Waals surface area (Å²) in [5.74, 6) is -0.328. The Morgan fingerprint density at radius 3 is 2.49 bits per heavy atom. The standard InChI is InChI=1S/C34H29FN6/c1-21-13-23(18-38-17-22-7-3-2-4-8-22)15-24(14-21)30-12-11-29(36)34(41-30)33(37)31-16-26-27(19-39-20-32(26)40-31)25-9-5-6-10-28(25)35/h2-16,19-20,37-38,40H,17-18,36H2,1H3. The second-order valence-electron chi connectivity index (χ2n) is 10.1. The molecular formula is C34H29FN6. The molecule has 0 aliphatic heterocycles. The molecule has 0 saturated carbocycles. The quantitative estimate of drug-likeness (QED) is 0.156. The Kier molecular flexibility index (Phi) is 7.10. The van der Waals surface area contributed by atoms with E-state index in [1.807, 2.05) is 30.3 Å². The van der Waals surface area contributed by atoms with Crippen LogP contribution >= 0.6 is 0 Å². The van der Waals surface area contributed by atoms with Gasteiger partial charge in [-0.2, -0.15) is 0 Å². The largest absolute Gasteiger partial charge is 0.397 e. The van der Waals surface area contributed by atoms with E-state index < -0.39 is 0 Å². The number of aromatic nitrogens is 3. The van der Waals surface area contributed by atoms with Crippen LogP contribution in [0.15, 0.2) is 103 Å². The maximum atomic E-state index is 14.6. The molecule has 0 aliphatic carbocycles. The van der Waals surface area contributed by atoms with Gasteiger partial charge in [0.1, 0.15) is 17.2 Å². The van der Waals surface area contributed by atoms with Gasteiger partial charge in [0.05, 0.1) is 28.8 Å². The van der Waals surface area contributed by atoms with Gasteiger partial charge in [0.15, 0.2) is 0 Å². The van der Waals surface area contributed by atoms with Crippen molar-refractivity contribution in [3.05, 3.63) is 137 Å². The van der Waals surface area contributed by atoms with Crippen molar-refractivity contribution in [1.82, 2.24) is 20.3 Å². The van der Waals surface area contributed by atoms with Crippen LogP contribution in [0.5, 0.6) is 0 Å². The average Bonchev–Trinajstić information content (AvgIpc) is 3.43. The van der Waals surface area contributed by atoms with E-state index in [1.54, 1.807) is 36.7 Å². The van der Waals surface area contributed by atoms with Gasteiger partial charge in [-0.1, -0.05) is 60.2 Å². The fraction of sp³-hybridized carbons (Fsp3) is 0.0882. The molecule has 0 aliphatic rings. The fourth-order valence-corrected chi connectivity index (χ4v) is 5.10. The number of nitrogen functional groups attached to an aromatic ring is 1. The number of fused-ring (bicyclic) bond motifs is 1. The Balaban J connectivity index is 1.29. The van der Waals surface area contributed by atoms with Crippen LogP contribution in [0, 0.1) is 18.2 Å². The minimum absolute atomic E-state index is 0.150. The highest BCUT2D eigenvalue weighted by atomic mass is 19.1. The predicted octanol–water partition coefficient (Wildman–Crippen LogP) is 7.03. The van der Waals surface area contributed by atoms with Crippen molar-refractivity contribution in [3.63, 3.8) is 0 Å². The lowest BCUT2D eigenvalue weighted by atomic mass is 10.0. The van der Waals surface area contributed by atoms with Crippen molar-refractivity contribution >= 4 is 22.3 Å². The van der Waals surface area contributed by atoms with E-state index in [1.165, 1.54) is 11.6 Å². The molecule has 0 radical (unpaired) electrons. The van der Waals surface area contributed by atoms with Crippen LogP contribution in [0.4, 0.5) is 10.1 Å². The Morgan fingerprint density at radius 1 is 0.878 bits per heavy atom. The van der Waals surface area contributed by atoms with E-state index in [0.29, 0.717) is 40.3 Å². The zero-order valence-corrected chi connectivity index (χ0v) is 22.6. The Labute approximate surface area is 237 Å². The molecule has 0 saturated heterocycles. The zero-order valence-electron chi connectivity index (χ0n) is 22.6. The van der Waals surface area contributed by atoms with Gasteiger partial charge >= 0.3 is 0 Å². The molecule has 0 atom stereocenters. The van der Waals surface area contributed by atoms with Crippen molar-refractivity contribution < 1.29 is 4.39 Å². The van der Waals surface area contributed by atoms with Crippen LogP contribution in [0.3, 0.4) is 0 Å². The normalized spacial score (nSPS) is 11.2. The number of anilines is 1. The molecule has 0 spiro atoms. The summed E-state index contributed by atoms with van der Waals surface area (Å²) >= 11 is 0. The first kappa shape index (κ1) is 26.1. The van der Waals surface area contributed by atoms with Gasteiger partial charge in [0, 0.05) is 41.4 Å². The molecule has 3 heterocycles. The number of halogens is 1. The topological polar surface area (TPSA) is 103 Å². The number of hydrogen-bond acceptors (Lipinski definition) is 5. The molecule has 6 rings (SSSR count). The van der Waals surface area contributed by atoms with Crippen LogP contribution < -0.4 is 11.1 Å². The number of benzene rings is 3. The third kappa shape index (κ3) is 5.48. The monoisotopic (exact) mass is 540 g/mol. The number of nitrogens with two attached hydrogens (primary N) is 1. The van der Waals surface area contributed by atoms with Gasteiger partial charge in [0.2, 0.25) is 0 Å². The van der Waals surface area contributed by atoms with E-state index in [4.69, 9.17) is 16.1 Å². The Morgan fingerprint density at radius 2 is 1.66 bits per heavy atom. The minimum Gasteiger partial charge on any atom is -0.397 e. The van der Waals surface area contributed by atoms with E-state index in [-0.39, 0.29) is 11.5 Å². The predicted molar refractivity (Wildman–Crippen MR) is 163 cm³/mol. The number of aryl methyl sites for hydroxylation is 1. The van der Waals surface area contributed by atoms with Crippen molar-refractivity contribution in [2.75, 3.05) is 5.73 Å². The molecule has 7 heteroatoms. The highest BCUT2D eigenvalue weighted by Crippen LogP contribution is 2.31. The van der Waals surface area contributed by atoms with Gasteiger partial charge < -0.3 is 16.0 Å². The number of hydrogen-bond donors (Lipinski definition) is 4. The maximum Gasteiger partial charge on any atom is 0.131 e. The number of pyridine rings is 2. The molecule has 5 N–H and O–H groups in total. The van der Waals surface area contributed by atoms with Crippen molar-refractivity contribution in [3.8, 4) is 22.4 Å². The third-order valence-corrected chi connectivity index (χ3v) is 7.08. The average molecular weight is 541 g/mol. The molecule has 202 valence electrons. The van der Waals surface area contributed by atoms with Crippen LogP contribution in [0.25, 0.3) is 33.3 Å². The number of nitrogens with one attached hydrogen (secondary N) is 3. The minimum atomic E-state index is -0.328. The van der Waals surface area contributed by atoms with Gasteiger partial charge in [-0.3, -0.25) is 10.4 Å².